The zero-order chi connectivity index (χ0) is 19.9. The standard InChI is InChI=1S/C21H25ClN4O2/c1-3-10-28-20-17(22)12-15(13-18(20)27-4-2)11-16(14-23)21-25-24-19-8-6-5-7-9-26(19)21/h11-13H,3-10H2,1-2H3. The van der Waals surface area contributed by atoms with E-state index in [1.807, 2.05) is 19.9 Å². The molecule has 0 bridgehead atoms. The van der Waals surface area contributed by atoms with Gasteiger partial charge in [0.25, 0.3) is 0 Å². The summed E-state index contributed by atoms with van der Waals surface area (Å²) in [5, 5.41) is 18.8. The van der Waals surface area contributed by atoms with Crippen LogP contribution in [0.4, 0.5) is 0 Å². The van der Waals surface area contributed by atoms with Gasteiger partial charge in [-0.05, 0) is 50.0 Å². The second-order valence-electron chi connectivity index (χ2n) is 6.68. The average Bonchev–Trinajstić information content (AvgIpc) is 2.93. The van der Waals surface area contributed by atoms with E-state index in [0.29, 0.717) is 41.1 Å². The van der Waals surface area contributed by atoms with Crippen molar-refractivity contribution in [2.45, 2.75) is 52.5 Å². The summed E-state index contributed by atoms with van der Waals surface area (Å²) in [6.07, 6.45) is 6.90. The van der Waals surface area contributed by atoms with Crippen molar-refractivity contribution in [3.05, 3.63) is 34.4 Å². The first-order valence-corrected chi connectivity index (χ1v) is 10.2. The fourth-order valence-electron chi connectivity index (χ4n) is 3.28. The molecule has 0 aliphatic carbocycles. The third-order valence-electron chi connectivity index (χ3n) is 4.56. The van der Waals surface area contributed by atoms with Crippen LogP contribution >= 0.6 is 11.6 Å². The third-order valence-corrected chi connectivity index (χ3v) is 4.84. The van der Waals surface area contributed by atoms with Crippen molar-refractivity contribution >= 4 is 23.3 Å². The number of ether oxygens (including phenoxy) is 2. The number of benzene rings is 1. The summed E-state index contributed by atoms with van der Waals surface area (Å²) in [5.41, 5.74) is 1.22. The molecule has 0 saturated carbocycles. The summed E-state index contributed by atoms with van der Waals surface area (Å²) in [5.74, 6) is 2.68. The van der Waals surface area contributed by atoms with Crippen LogP contribution in [0.2, 0.25) is 5.02 Å². The number of nitriles is 1. The summed E-state index contributed by atoms with van der Waals surface area (Å²) < 4.78 is 13.5. The molecular formula is C21H25ClN4O2. The quantitative estimate of drug-likeness (QED) is 0.617. The monoisotopic (exact) mass is 400 g/mol. The summed E-state index contributed by atoms with van der Waals surface area (Å²) in [6.45, 7) is 5.84. The minimum absolute atomic E-state index is 0.460. The van der Waals surface area contributed by atoms with E-state index in [4.69, 9.17) is 21.1 Å². The minimum Gasteiger partial charge on any atom is -0.490 e. The molecule has 2 aromatic rings. The molecule has 0 spiro atoms. The first kappa shape index (κ1) is 20.2. The molecule has 0 N–H and O–H groups in total. The molecule has 0 fully saturated rings. The van der Waals surface area contributed by atoms with Crippen molar-refractivity contribution < 1.29 is 9.47 Å². The summed E-state index contributed by atoms with van der Waals surface area (Å²) in [4.78, 5) is 0. The zero-order valence-corrected chi connectivity index (χ0v) is 17.1. The van der Waals surface area contributed by atoms with Crippen molar-refractivity contribution in [2.75, 3.05) is 13.2 Å². The summed E-state index contributed by atoms with van der Waals surface area (Å²) in [6, 6.07) is 5.89. The predicted molar refractivity (Wildman–Crippen MR) is 109 cm³/mol. The van der Waals surface area contributed by atoms with Gasteiger partial charge in [0.05, 0.1) is 23.8 Å². The molecule has 0 atom stereocenters. The highest BCUT2D eigenvalue weighted by molar-refractivity contribution is 6.32. The number of allylic oxidation sites excluding steroid dienone is 1. The molecule has 0 unspecified atom stereocenters. The van der Waals surface area contributed by atoms with Gasteiger partial charge in [-0.1, -0.05) is 24.9 Å². The fraction of sp³-hybridized carbons (Fsp3) is 0.476. The van der Waals surface area contributed by atoms with Gasteiger partial charge in [0.15, 0.2) is 17.3 Å². The van der Waals surface area contributed by atoms with Crippen LogP contribution in [-0.2, 0) is 13.0 Å². The van der Waals surface area contributed by atoms with Crippen molar-refractivity contribution in [1.82, 2.24) is 14.8 Å². The highest BCUT2D eigenvalue weighted by atomic mass is 35.5. The number of hydrogen-bond acceptors (Lipinski definition) is 5. The van der Waals surface area contributed by atoms with E-state index >= 15 is 0 Å². The number of hydrogen-bond donors (Lipinski definition) is 0. The van der Waals surface area contributed by atoms with Gasteiger partial charge in [-0.15, -0.1) is 10.2 Å². The molecule has 0 amide bonds. The average molecular weight is 401 g/mol. The lowest BCUT2D eigenvalue weighted by atomic mass is 10.1. The van der Waals surface area contributed by atoms with Gasteiger partial charge in [-0.2, -0.15) is 5.26 Å². The van der Waals surface area contributed by atoms with Crippen molar-refractivity contribution in [3.8, 4) is 17.6 Å². The molecule has 0 saturated heterocycles. The first-order valence-electron chi connectivity index (χ1n) is 9.81. The maximum Gasteiger partial charge on any atom is 0.179 e. The van der Waals surface area contributed by atoms with E-state index in [1.54, 1.807) is 12.1 Å². The van der Waals surface area contributed by atoms with Crippen LogP contribution in [0.25, 0.3) is 11.6 Å². The number of nitrogens with zero attached hydrogens (tertiary/aromatic N) is 4. The second kappa shape index (κ2) is 9.61. The van der Waals surface area contributed by atoms with Crippen molar-refractivity contribution in [3.63, 3.8) is 0 Å². The molecule has 148 valence electrons. The number of aromatic nitrogens is 3. The first-order chi connectivity index (χ1) is 13.7. The largest absolute Gasteiger partial charge is 0.490 e. The summed E-state index contributed by atoms with van der Waals surface area (Å²) >= 11 is 6.44. The molecule has 0 radical (unpaired) electrons. The van der Waals surface area contributed by atoms with Crippen LogP contribution in [0.1, 0.15) is 56.7 Å². The van der Waals surface area contributed by atoms with Crippen LogP contribution < -0.4 is 9.47 Å². The number of fused-ring (bicyclic) bond motifs is 1. The molecule has 3 rings (SSSR count). The molecule has 28 heavy (non-hydrogen) atoms. The number of halogens is 1. The third kappa shape index (κ3) is 4.48. The van der Waals surface area contributed by atoms with Gasteiger partial charge in [-0.25, -0.2) is 0 Å². The van der Waals surface area contributed by atoms with E-state index < -0.39 is 0 Å². The van der Waals surface area contributed by atoms with Crippen LogP contribution in [0.5, 0.6) is 11.5 Å². The van der Waals surface area contributed by atoms with Gasteiger partial charge >= 0.3 is 0 Å². The molecule has 7 heteroatoms. The lowest BCUT2D eigenvalue weighted by Crippen LogP contribution is -2.05. The topological polar surface area (TPSA) is 73.0 Å². The Hall–Kier alpha value is -2.52. The smallest absolute Gasteiger partial charge is 0.179 e. The normalized spacial score (nSPS) is 14.1. The van der Waals surface area contributed by atoms with E-state index in [9.17, 15) is 5.26 Å². The molecule has 2 heterocycles. The molecule has 1 aromatic heterocycles. The van der Waals surface area contributed by atoms with Crippen molar-refractivity contribution in [1.29, 1.82) is 5.26 Å². The molecule has 1 aliphatic heterocycles. The molecule has 1 aliphatic rings. The SMILES string of the molecule is CCCOc1c(Cl)cc(C=C(C#N)c2nnc3n2CCCCC3)cc1OCC. The maximum absolute atomic E-state index is 9.76. The number of aryl methyl sites for hydroxylation is 1. The fourth-order valence-corrected chi connectivity index (χ4v) is 3.55. The van der Waals surface area contributed by atoms with Crippen molar-refractivity contribution in [2.24, 2.45) is 0 Å². The Balaban J connectivity index is 1.99. The van der Waals surface area contributed by atoms with Gasteiger partial charge < -0.3 is 14.0 Å². The van der Waals surface area contributed by atoms with Crippen LogP contribution in [0, 0.1) is 11.3 Å². The Morgan fingerprint density at radius 3 is 2.86 bits per heavy atom. The lowest BCUT2D eigenvalue weighted by molar-refractivity contribution is 0.277. The van der Waals surface area contributed by atoms with E-state index in [-0.39, 0.29) is 0 Å². The highest BCUT2D eigenvalue weighted by Crippen LogP contribution is 2.37. The van der Waals surface area contributed by atoms with Crippen LogP contribution in [0.15, 0.2) is 12.1 Å². The predicted octanol–water partition coefficient (Wildman–Crippen LogP) is 4.91. The zero-order valence-electron chi connectivity index (χ0n) is 16.4. The number of rotatable bonds is 7. The Kier molecular flexibility index (Phi) is 6.94. The van der Waals surface area contributed by atoms with Gasteiger partial charge in [0.1, 0.15) is 11.9 Å². The van der Waals surface area contributed by atoms with E-state index in [2.05, 4.69) is 20.8 Å². The van der Waals surface area contributed by atoms with Gasteiger partial charge in [0, 0.05) is 13.0 Å². The Bertz CT molecular complexity index is 899. The highest BCUT2D eigenvalue weighted by Gasteiger charge is 2.18. The Morgan fingerprint density at radius 2 is 2.11 bits per heavy atom. The molecule has 1 aromatic carbocycles. The van der Waals surface area contributed by atoms with Gasteiger partial charge in [0.2, 0.25) is 0 Å². The maximum atomic E-state index is 9.76. The lowest BCUT2D eigenvalue weighted by Gasteiger charge is -2.14. The van der Waals surface area contributed by atoms with E-state index in [1.165, 1.54) is 6.42 Å². The Labute approximate surface area is 170 Å². The second-order valence-corrected chi connectivity index (χ2v) is 7.09. The van der Waals surface area contributed by atoms with Crippen LogP contribution in [-0.4, -0.2) is 28.0 Å². The molecule has 6 nitrogen and oxygen atoms in total. The van der Waals surface area contributed by atoms with E-state index in [0.717, 1.165) is 43.6 Å². The molecular weight excluding hydrogens is 376 g/mol. The summed E-state index contributed by atoms with van der Waals surface area (Å²) in [7, 11) is 0. The minimum atomic E-state index is 0.460. The Morgan fingerprint density at radius 1 is 1.25 bits per heavy atom. The van der Waals surface area contributed by atoms with Gasteiger partial charge in [-0.3, -0.25) is 0 Å². The van der Waals surface area contributed by atoms with Crippen LogP contribution in [0.3, 0.4) is 0 Å².